The fraction of sp³-hybridized carbons (Fsp3) is 0.467. The predicted molar refractivity (Wildman–Crippen MR) is 77.5 cm³/mol. The van der Waals surface area contributed by atoms with Crippen LogP contribution in [-0.4, -0.2) is 26.4 Å². The molecule has 0 bridgehead atoms. The molecular formula is C15H20O3Si. The third-order valence-corrected chi connectivity index (χ3v) is 5.06. The van der Waals surface area contributed by atoms with Crippen LogP contribution in [0, 0.1) is 0 Å². The van der Waals surface area contributed by atoms with Crippen LogP contribution in [0.4, 0.5) is 0 Å². The molecular weight excluding hydrogens is 256 g/mol. The van der Waals surface area contributed by atoms with Gasteiger partial charge in [0, 0.05) is 20.1 Å². The van der Waals surface area contributed by atoms with Crippen molar-refractivity contribution in [2.75, 3.05) is 6.61 Å². The first-order valence-corrected chi connectivity index (χ1v) is 10.4. The van der Waals surface area contributed by atoms with Crippen molar-refractivity contribution in [3.05, 3.63) is 34.9 Å². The molecule has 0 saturated heterocycles. The number of aryl methyl sites for hydroxylation is 1. The number of hydrogen-bond acceptors (Lipinski definition) is 3. The van der Waals surface area contributed by atoms with Crippen LogP contribution in [0.5, 0.6) is 0 Å². The number of hydrogen-bond donors (Lipinski definition) is 0. The first-order chi connectivity index (χ1) is 8.87. The first-order valence-electron chi connectivity index (χ1n) is 6.70. The number of fused-ring (bicyclic) bond motifs is 1. The largest absolute Gasteiger partial charge is 0.462 e. The fourth-order valence-electron chi connectivity index (χ4n) is 2.10. The maximum absolute atomic E-state index is 11.9. The zero-order valence-electron chi connectivity index (χ0n) is 11.8. The van der Waals surface area contributed by atoms with Crippen molar-refractivity contribution >= 4 is 19.8 Å². The summed E-state index contributed by atoms with van der Waals surface area (Å²) in [6.07, 6.45) is 1.35. The summed E-state index contributed by atoms with van der Waals surface area (Å²) in [5, 5.41) is 0. The minimum atomic E-state index is -1.18. The molecule has 1 aromatic rings. The van der Waals surface area contributed by atoms with Crippen LogP contribution in [0.15, 0.2) is 18.2 Å². The van der Waals surface area contributed by atoms with Gasteiger partial charge in [-0.25, -0.2) is 4.79 Å². The molecule has 0 saturated carbocycles. The zero-order chi connectivity index (χ0) is 14.0. The molecule has 0 heterocycles. The summed E-state index contributed by atoms with van der Waals surface area (Å²) in [6.45, 7) is 7.21. The van der Waals surface area contributed by atoms with E-state index in [0.717, 1.165) is 18.0 Å². The van der Waals surface area contributed by atoms with Gasteiger partial charge in [-0.2, -0.15) is 0 Å². The summed E-state index contributed by atoms with van der Waals surface area (Å²) >= 11 is 0. The molecule has 0 spiro atoms. The highest BCUT2D eigenvalue weighted by molar-refractivity contribution is 6.76. The second-order valence-corrected chi connectivity index (χ2v) is 11.9. The summed E-state index contributed by atoms with van der Waals surface area (Å²) in [7, 11) is -1.18. The van der Waals surface area contributed by atoms with E-state index in [-0.39, 0.29) is 11.8 Å². The van der Waals surface area contributed by atoms with Gasteiger partial charge in [0.1, 0.15) is 0 Å². The number of ether oxygens (including phenoxy) is 1. The Balaban J connectivity index is 2.01. The molecule has 0 radical (unpaired) electrons. The molecule has 1 aliphatic carbocycles. The topological polar surface area (TPSA) is 43.4 Å². The van der Waals surface area contributed by atoms with Gasteiger partial charge in [-0.05, 0) is 30.2 Å². The van der Waals surface area contributed by atoms with E-state index in [4.69, 9.17) is 4.74 Å². The molecule has 0 N–H and O–H groups in total. The Morgan fingerprint density at radius 2 is 2.00 bits per heavy atom. The maximum Gasteiger partial charge on any atom is 0.338 e. The van der Waals surface area contributed by atoms with Gasteiger partial charge in [0.05, 0.1) is 12.2 Å². The predicted octanol–water partition coefficient (Wildman–Crippen LogP) is 3.31. The van der Waals surface area contributed by atoms with Crippen LogP contribution in [0.1, 0.15) is 32.7 Å². The van der Waals surface area contributed by atoms with Gasteiger partial charge >= 0.3 is 5.97 Å². The van der Waals surface area contributed by atoms with Crippen LogP contribution in [0.25, 0.3) is 0 Å². The Labute approximate surface area is 115 Å². The van der Waals surface area contributed by atoms with Crippen LogP contribution >= 0.6 is 0 Å². The van der Waals surface area contributed by atoms with Gasteiger partial charge in [-0.1, -0.05) is 25.7 Å². The average Bonchev–Trinajstić information content (AvgIpc) is 2.69. The van der Waals surface area contributed by atoms with Crippen LogP contribution in [0.3, 0.4) is 0 Å². The lowest BCUT2D eigenvalue weighted by Crippen LogP contribution is -2.22. The van der Waals surface area contributed by atoms with Crippen molar-refractivity contribution < 1.29 is 14.3 Å². The molecule has 0 atom stereocenters. The molecule has 2 rings (SSSR count). The summed E-state index contributed by atoms with van der Waals surface area (Å²) in [4.78, 5) is 23.6. The van der Waals surface area contributed by atoms with Crippen molar-refractivity contribution in [1.29, 1.82) is 0 Å². The Morgan fingerprint density at radius 3 is 2.68 bits per heavy atom. The van der Waals surface area contributed by atoms with Crippen molar-refractivity contribution in [3.63, 3.8) is 0 Å². The van der Waals surface area contributed by atoms with Crippen LogP contribution < -0.4 is 0 Å². The minimum Gasteiger partial charge on any atom is -0.462 e. The lowest BCUT2D eigenvalue weighted by atomic mass is 10.1. The number of Topliss-reactive ketones (excluding diaryl/α,β-unsaturated/α-hetero) is 1. The molecule has 0 aliphatic heterocycles. The molecule has 0 fully saturated rings. The standard InChI is InChI=1S/C15H20O3Si/c1-19(2,3)9-8-18-15(17)12-5-4-11-6-7-14(16)13(11)10-12/h4-5,10H,6-9H2,1-3H3. The summed E-state index contributed by atoms with van der Waals surface area (Å²) in [5.74, 6) is -0.188. The Bertz CT molecular complexity index is 515. The van der Waals surface area contributed by atoms with Crippen LogP contribution in [0.2, 0.25) is 25.7 Å². The monoisotopic (exact) mass is 276 g/mol. The van der Waals surface area contributed by atoms with Crippen molar-refractivity contribution in [3.8, 4) is 0 Å². The van der Waals surface area contributed by atoms with E-state index >= 15 is 0 Å². The van der Waals surface area contributed by atoms with E-state index in [1.807, 2.05) is 6.07 Å². The lowest BCUT2D eigenvalue weighted by Gasteiger charge is -2.15. The Hall–Kier alpha value is -1.42. The third kappa shape index (κ3) is 3.53. The van der Waals surface area contributed by atoms with Gasteiger partial charge in [-0.3, -0.25) is 4.79 Å². The Morgan fingerprint density at radius 1 is 1.26 bits per heavy atom. The van der Waals surface area contributed by atoms with Gasteiger partial charge < -0.3 is 4.74 Å². The molecule has 19 heavy (non-hydrogen) atoms. The number of carbonyl (C=O) groups is 2. The van der Waals surface area contributed by atoms with Crippen molar-refractivity contribution in [1.82, 2.24) is 0 Å². The molecule has 0 unspecified atom stereocenters. The van der Waals surface area contributed by atoms with E-state index in [1.165, 1.54) is 0 Å². The molecule has 0 amide bonds. The fourth-order valence-corrected chi connectivity index (χ4v) is 2.81. The van der Waals surface area contributed by atoms with E-state index < -0.39 is 8.07 Å². The van der Waals surface area contributed by atoms with E-state index in [2.05, 4.69) is 19.6 Å². The van der Waals surface area contributed by atoms with Gasteiger partial charge in [-0.15, -0.1) is 0 Å². The smallest absolute Gasteiger partial charge is 0.338 e. The quantitative estimate of drug-likeness (QED) is 0.626. The van der Waals surface area contributed by atoms with Crippen molar-refractivity contribution in [2.45, 2.75) is 38.5 Å². The summed E-state index contributed by atoms with van der Waals surface area (Å²) in [5.41, 5.74) is 2.23. The molecule has 102 valence electrons. The number of esters is 1. The van der Waals surface area contributed by atoms with E-state index in [0.29, 0.717) is 24.2 Å². The number of carbonyl (C=O) groups excluding carboxylic acids is 2. The van der Waals surface area contributed by atoms with Crippen LogP contribution in [-0.2, 0) is 11.2 Å². The summed E-state index contributed by atoms with van der Waals surface area (Å²) < 4.78 is 5.28. The average molecular weight is 276 g/mol. The molecule has 1 aromatic carbocycles. The van der Waals surface area contributed by atoms with Gasteiger partial charge in [0.2, 0.25) is 0 Å². The highest BCUT2D eigenvalue weighted by Crippen LogP contribution is 2.23. The number of ketones is 1. The maximum atomic E-state index is 11.9. The molecule has 1 aliphatic rings. The lowest BCUT2D eigenvalue weighted by molar-refractivity contribution is 0.0525. The Kier molecular flexibility index (Phi) is 3.90. The molecule has 0 aromatic heterocycles. The molecule has 4 heteroatoms. The number of rotatable bonds is 4. The minimum absolute atomic E-state index is 0.131. The second-order valence-electron chi connectivity index (χ2n) is 6.24. The number of benzene rings is 1. The SMILES string of the molecule is C[Si](C)(C)CCOC(=O)c1ccc2c(c1)C(=O)CC2. The summed E-state index contributed by atoms with van der Waals surface area (Å²) in [6, 6.07) is 6.27. The zero-order valence-corrected chi connectivity index (χ0v) is 12.8. The first kappa shape index (κ1) is 14.0. The highest BCUT2D eigenvalue weighted by Gasteiger charge is 2.21. The molecule has 3 nitrogen and oxygen atoms in total. The normalized spacial score (nSPS) is 14.4. The van der Waals surface area contributed by atoms with Gasteiger partial charge in [0.15, 0.2) is 5.78 Å². The second kappa shape index (κ2) is 5.29. The van der Waals surface area contributed by atoms with Gasteiger partial charge in [0.25, 0.3) is 0 Å². The van der Waals surface area contributed by atoms with Crippen molar-refractivity contribution in [2.24, 2.45) is 0 Å². The van der Waals surface area contributed by atoms with E-state index in [9.17, 15) is 9.59 Å². The third-order valence-electron chi connectivity index (χ3n) is 3.35. The van der Waals surface area contributed by atoms with E-state index in [1.54, 1.807) is 12.1 Å². The highest BCUT2D eigenvalue weighted by atomic mass is 28.3.